The predicted octanol–water partition coefficient (Wildman–Crippen LogP) is 1.09. The molecule has 2 saturated heterocycles. The summed E-state index contributed by atoms with van der Waals surface area (Å²) in [5.74, 6) is 0.152. The van der Waals surface area contributed by atoms with Gasteiger partial charge in [-0.1, -0.05) is 24.5 Å². The second-order valence-electron chi connectivity index (χ2n) is 9.76. The number of hydrogen-bond donors (Lipinski definition) is 6. The summed E-state index contributed by atoms with van der Waals surface area (Å²) < 4.78 is 57.5. The fraction of sp³-hybridized carbons (Fsp3) is 0.476. The van der Waals surface area contributed by atoms with Gasteiger partial charge in [0.1, 0.15) is 36.1 Å². The van der Waals surface area contributed by atoms with Crippen molar-refractivity contribution in [2.45, 2.75) is 43.1 Å². The Kier molecular flexibility index (Phi) is 8.60. The van der Waals surface area contributed by atoms with Crippen LogP contribution in [0.2, 0.25) is 0 Å². The molecule has 4 aromatic heterocycles. The Balaban J connectivity index is 1.19. The molecule has 8 atom stereocenters. The highest BCUT2D eigenvalue weighted by Gasteiger charge is 2.45. The van der Waals surface area contributed by atoms with Crippen LogP contribution in [0.5, 0.6) is 0 Å². The van der Waals surface area contributed by atoms with Gasteiger partial charge in [-0.25, -0.2) is 19.5 Å². The lowest BCUT2D eigenvalue weighted by Crippen LogP contribution is -2.32. The van der Waals surface area contributed by atoms with Gasteiger partial charge in [0.05, 0.1) is 43.7 Å². The minimum atomic E-state index is -4.12. The maximum absolute atomic E-state index is 13.4. The third-order valence-electron chi connectivity index (χ3n) is 7.11. The standard InChI is InChI=1S/C21H27N9O9P2S2/c22-16-10-1-2-29(17(10)25-7-24-16)11-5-35-13(15(11)38-40(33)42)6-36-41(34,43)39-12-3-9(4-31)37-20(12)30-8-26-14-18(30)27-21(23)28-19(14)32/h1-2,7-9,11-13,15,20,31,40H,3-6H2,(H,33,42)(H,34,43)(H2,22,24,25)(H3,23,27,28,32)/t9-,11?,12+,13+,15+,20+,41?/m0/s1. The molecule has 43 heavy (non-hydrogen) atoms. The van der Waals surface area contributed by atoms with E-state index in [-0.39, 0.29) is 43.4 Å². The van der Waals surface area contributed by atoms with Crippen LogP contribution in [0, 0.1) is 0 Å². The zero-order valence-corrected chi connectivity index (χ0v) is 25.7. The summed E-state index contributed by atoms with van der Waals surface area (Å²) in [6, 6.07) is 1.24. The molecule has 0 spiro atoms. The molecule has 22 heteroatoms. The van der Waals surface area contributed by atoms with Crippen LogP contribution < -0.4 is 17.0 Å². The van der Waals surface area contributed by atoms with Gasteiger partial charge in [-0.2, -0.15) is 4.98 Å². The Morgan fingerprint density at radius 2 is 2.07 bits per heavy atom. The molecule has 6 N–H and O–H groups in total. The largest absolute Gasteiger partial charge is 0.394 e. The fourth-order valence-electron chi connectivity index (χ4n) is 5.24. The number of nitrogens with two attached hydrogens (primary N) is 2. The van der Waals surface area contributed by atoms with E-state index in [0.29, 0.717) is 16.9 Å². The van der Waals surface area contributed by atoms with Crippen LogP contribution in [0.3, 0.4) is 0 Å². The first kappa shape index (κ1) is 30.5. The Bertz CT molecular complexity index is 1790. The molecular formula is C21H27N9O9P2S2. The Morgan fingerprint density at radius 1 is 1.26 bits per heavy atom. The number of nitrogen functional groups attached to an aromatic ring is 2. The predicted molar refractivity (Wildman–Crippen MR) is 159 cm³/mol. The molecule has 2 aliphatic heterocycles. The van der Waals surface area contributed by atoms with Crippen molar-refractivity contribution in [2.24, 2.45) is 0 Å². The van der Waals surface area contributed by atoms with E-state index in [2.05, 4.69) is 49.4 Å². The number of rotatable bonds is 10. The van der Waals surface area contributed by atoms with Gasteiger partial charge in [0.2, 0.25) is 13.2 Å². The summed E-state index contributed by atoms with van der Waals surface area (Å²) in [6.45, 7) is -4.68. The lowest BCUT2D eigenvalue weighted by atomic mass is 10.1. The average Bonchev–Trinajstić information content (AvgIpc) is 3.72. The molecule has 0 aromatic carbocycles. The van der Waals surface area contributed by atoms with Crippen LogP contribution >= 0.6 is 38.5 Å². The number of aliphatic hydroxyl groups excluding tert-OH is 1. The molecular weight excluding hydrogens is 648 g/mol. The molecule has 0 amide bonds. The zero-order chi connectivity index (χ0) is 30.5. The van der Waals surface area contributed by atoms with Crippen molar-refractivity contribution < 1.29 is 37.3 Å². The van der Waals surface area contributed by atoms with Gasteiger partial charge in [0.15, 0.2) is 17.4 Å². The number of aliphatic hydroxyl groups is 1. The van der Waals surface area contributed by atoms with Crippen molar-refractivity contribution >= 4 is 72.5 Å². The van der Waals surface area contributed by atoms with E-state index in [1.165, 1.54) is 17.2 Å². The van der Waals surface area contributed by atoms with E-state index in [1.54, 1.807) is 16.8 Å². The number of nitrogens with zero attached hydrogens (tertiary/aromatic N) is 6. The zero-order valence-electron chi connectivity index (χ0n) is 22.0. The number of thiol groups is 2. The highest BCUT2D eigenvalue weighted by Crippen LogP contribution is 2.57. The molecule has 2 aliphatic rings. The van der Waals surface area contributed by atoms with E-state index in [4.69, 9.17) is 34.5 Å². The van der Waals surface area contributed by atoms with Crippen LogP contribution in [0.4, 0.5) is 11.8 Å². The number of nitrogens with one attached hydrogen (secondary N) is 1. The number of imidazole rings is 1. The summed E-state index contributed by atoms with van der Waals surface area (Å²) in [6.07, 6.45) is 0.126. The van der Waals surface area contributed by atoms with Gasteiger partial charge < -0.3 is 35.1 Å². The molecule has 6 rings (SSSR count). The van der Waals surface area contributed by atoms with Crippen LogP contribution in [-0.2, 0) is 32.2 Å². The molecule has 0 bridgehead atoms. The number of aromatic amines is 1. The van der Waals surface area contributed by atoms with Crippen molar-refractivity contribution in [1.82, 2.24) is 34.1 Å². The molecule has 6 heterocycles. The number of aromatic nitrogens is 7. The van der Waals surface area contributed by atoms with Crippen molar-refractivity contribution in [3.8, 4) is 0 Å². The minimum absolute atomic E-state index is 0.00127. The van der Waals surface area contributed by atoms with Crippen LogP contribution in [-0.4, -0.2) is 83.4 Å². The maximum atomic E-state index is 13.4. The third-order valence-corrected chi connectivity index (χ3v) is 9.54. The highest BCUT2D eigenvalue weighted by atomic mass is 32.7. The monoisotopic (exact) mass is 675 g/mol. The summed E-state index contributed by atoms with van der Waals surface area (Å²) in [4.78, 5) is 31.1. The van der Waals surface area contributed by atoms with E-state index in [1.807, 2.05) is 0 Å². The highest BCUT2D eigenvalue weighted by molar-refractivity contribution is 8.44. The Hall–Kier alpha value is -2.51. The van der Waals surface area contributed by atoms with Crippen molar-refractivity contribution in [3.63, 3.8) is 0 Å². The molecule has 0 radical (unpaired) electrons. The molecule has 0 aliphatic carbocycles. The van der Waals surface area contributed by atoms with E-state index in [0.717, 1.165) is 0 Å². The van der Waals surface area contributed by atoms with Crippen molar-refractivity contribution in [1.29, 1.82) is 0 Å². The maximum Gasteiger partial charge on any atom is 0.386 e. The summed E-state index contributed by atoms with van der Waals surface area (Å²) in [7, 11) is -2.74. The van der Waals surface area contributed by atoms with E-state index >= 15 is 0 Å². The topological polar surface area (TPSA) is 247 Å². The number of hydrogen-bond acceptors (Lipinski definition) is 15. The number of fused-ring (bicyclic) bond motifs is 2. The van der Waals surface area contributed by atoms with E-state index < -0.39 is 56.3 Å². The second kappa shape index (κ2) is 12.1. The quantitative estimate of drug-likeness (QED) is 0.102. The molecule has 4 aromatic rings. The number of H-pyrrole nitrogens is 1. The normalized spacial score (nSPS) is 28.1. The first-order chi connectivity index (χ1) is 20.5. The molecule has 3 unspecified atom stereocenters. The number of anilines is 2. The van der Waals surface area contributed by atoms with Gasteiger partial charge in [-0.3, -0.25) is 28.0 Å². The van der Waals surface area contributed by atoms with Gasteiger partial charge in [0.25, 0.3) is 5.56 Å². The summed E-state index contributed by atoms with van der Waals surface area (Å²) in [5, 5.41) is 10.4. The molecule has 232 valence electrons. The SMILES string of the molecule is Nc1nc2c(ncn2[C@@H]2O[C@H](CO)C[C@H]2OP(=O)(S)OC[C@H]2OCC(n3ccc4c(N)ncnc43)[C@H]2O[PH](=O)S)c(=O)[nH]1. The Morgan fingerprint density at radius 3 is 2.84 bits per heavy atom. The lowest BCUT2D eigenvalue weighted by molar-refractivity contribution is -0.0464. The van der Waals surface area contributed by atoms with Gasteiger partial charge >= 0.3 is 6.80 Å². The molecule has 0 saturated carbocycles. The van der Waals surface area contributed by atoms with Crippen molar-refractivity contribution in [3.05, 3.63) is 35.3 Å². The van der Waals surface area contributed by atoms with Crippen LogP contribution in [0.1, 0.15) is 18.7 Å². The molecule has 2 fully saturated rings. The first-order valence-corrected chi connectivity index (χ1v) is 18.1. The molecule has 18 nitrogen and oxygen atoms in total. The minimum Gasteiger partial charge on any atom is -0.394 e. The Labute approximate surface area is 253 Å². The summed E-state index contributed by atoms with van der Waals surface area (Å²) in [5.41, 5.74) is 11.7. The van der Waals surface area contributed by atoms with Crippen LogP contribution in [0.25, 0.3) is 22.2 Å². The second-order valence-corrected chi connectivity index (χ2v) is 14.5. The first-order valence-electron chi connectivity index (χ1n) is 12.8. The van der Waals surface area contributed by atoms with E-state index in [9.17, 15) is 19.0 Å². The fourth-order valence-corrected chi connectivity index (χ4v) is 7.64. The van der Waals surface area contributed by atoms with Gasteiger partial charge in [-0.05, 0) is 6.07 Å². The van der Waals surface area contributed by atoms with Gasteiger partial charge in [0, 0.05) is 12.6 Å². The van der Waals surface area contributed by atoms with Crippen molar-refractivity contribution in [2.75, 3.05) is 31.3 Å². The summed E-state index contributed by atoms with van der Waals surface area (Å²) >= 11 is 8.09. The third kappa shape index (κ3) is 6.09. The van der Waals surface area contributed by atoms with Crippen LogP contribution in [0.15, 0.2) is 29.7 Å². The number of ether oxygens (including phenoxy) is 2. The smallest absolute Gasteiger partial charge is 0.386 e. The lowest BCUT2D eigenvalue weighted by Gasteiger charge is -2.26. The van der Waals surface area contributed by atoms with Gasteiger partial charge in [-0.15, -0.1) is 0 Å². The average molecular weight is 676 g/mol.